The van der Waals surface area contributed by atoms with Crippen molar-refractivity contribution < 1.29 is 13.9 Å². The van der Waals surface area contributed by atoms with E-state index in [-0.39, 0.29) is 30.0 Å². The Kier molecular flexibility index (Phi) is 4.21. The van der Waals surface area contributed by atoms with Crippen LogP contribution in [0.5, 0.6) is 0 Å². The van der Waals surface area contributed by atoms with Gasteiger partial charge in [-0.05, 0) is 64.7 Å². The topological polar surface area (TPSA) is 41.6 Å². The van der Waals surface area contributed by atoms with Crippen molar-refractivity contribution in [3.05, 3.63) is 30.1 Å². The summed E-state index contributed by atoms with van der Waals surface area (Å²) in [6.07, 6.45) is 3.60. The Morgan fingerprint density at radius 1 is 1.26 bits per heavy atom. The van der Waals surface area contributed by atoms with E-state index < -0.39 is 5.60 Å². The van der Waals surface area contributed by atoms with Crippen LogP contribution >= 0.6 is 0 Å². The van der Waals surface area contributed by atoms with Crippen LogP contribution in [0.2, 0.25) is 0 Å². The first-order chi connectivity index (χ1) is 10.8. The van der Waals surface area contributed by atoms with E-state index in [1.807, 2.05) is 31.7 Å². The molecule has 4 nitrogen and oxygen atoms in total. The summed E-state index contributed by atoms with van der Waals surface area (Å²) in [5.41, 5.74) is 0.341. The molecule has 23 heavy (non-hydrogen) atoms. The number of rotatable bonds is 2. The third-order valence-electron chi connectivity index (χ3n) is 4.53. The van der Waals surface area contributed by atoms with Gasteiger partial charge in [-0.3, -0.25) is 0 Å². The normalized spacial score (nSPS) is 27.0. The molecule has 0 spiro atoms. The third kappa shape index (κ3) is 3.77. The Hall–Kier alpha value is -1.78. The molecule has 1 aromatic carbocycles. The molecule has 1 aromatic rings. The minimum absolute atomic E-state index is 0.200. The number of anilines is 1. The van der Waals surface area contributed by atoms with Crippen molar-refractivity contribution in [2.75, 3.05) is 5.32 Å². The largest absolute Gasteiger partial charge is 0.444 e. The van der Waals surface area contributed by atoms with Gasteiger partial charge in [0.1, 0.15) is 11.4 Å². The van der Waals surface area contributed by atoms with Crippen molar-refractivity contribution >= 4 is 11.8 Å². The van der Waals surface area contributed by atoms with Gasteiger partial charge in [0.15, 0.2) is 0 Å². The molecule has 2 saturated heterocycles. The molecule has 3 rings (SSSR count). The average Bonchev–Trinajstić information content (AvgIpc) is 2.69. The molecular weight excluding hydrogens is 295 g/mol. The maximum atomic E-state index is 13.3. The highest BCUT2D eigenvalue weighted by molar-refractivity contribution is 5.69. The number of amides is 1. The predicted molar refractivity (Wildman–Crippen MR) is 87.9 cm³/mol. The first kappa shape index (κ1) is 16.1. The summed E-state index contributed by atoms with van der Waals surface area (Å²) in [4.78, 5) is 14.3. The van der Waals surface area contributed by atoms with E-state index >= 15 is 0 Å². The van der Waals surface area contributed by atoms with Crippen LogP contribution < -0.4 is 5.32 Å². The second-order valence-electron chi connectivity index (χ2n) is 7.60. The molecule has 2 bridgehead atoms. The lowest BCUT2D eigenvalue weighted by atomic mass is 9.97. The van der Waals surface area contributed by atoms with Crippen LogP contribution in [-0.2, 0) is 4.74 Å². The van der Waals surface area contributed by atoms with Gasteiger partial charge in [0.2, 0.25) is 0 Å². The average molecular weight is 320 g/mol. The van der Waals surface area contributed by atoms with Gasteiger partial charge in [-0.25, -0.2) is 9.18 Å². The molecule has 1 amide bonds. The van der Waals surface area contributed by atoms with E-state index in [2.05, 4.69) is 5.32 Å². The van der Waals surface area contributed by atoms with Crippen molar-refractivity contribution in [3.63, 3.8) is 0 Å². The van der Waals surface area contributed by atoms with E-state index in [1.54, 1.807) is 6.07 Å². The summed E-state index contributed by atoms with van der Waals surface area (Å²) >= 11 is 0. The maximum Gasteiger partial charge on any atom is 0.410 e. The molecular formula is C18H25FN2O2. The predicted octanol–water partition coefficient (Wildman–Crippen LogP) is 4.17. The van der Waals surface area contributed by atoms with Crippen molar-refractivity contribution in [3.8, 4) is 0 Å². The SMILES string of the molecule is CC(C)(C)OC(=O)N1C2CCC1CC(Nc1cccc(F)c1)C2. The Morgan fingerprint density at radius 3 is 2.48 bits per heavy atom. The lowest BCUT2D eigenvalue weighted by Gasteiger charge is -2.40. The Balaban J connectivity index is 1.64. The molecule has 5 heteroatoms. The van der Waals surface area contributed by atoms with Crippen LogP contribution in [0, 0.1) is 5.82 Å². The van der Waals surface area contributed by atoms with Gasteiger partial charge in [0.05, 0.1) is 0 Å². The monoisotopic (exact) mass is 320 g/mol. The van der Waals surface area contributed by atoms with Gasteiger partial charge in [0, 0.05) is 23.8 Å². The van der Waals surface area contributed by atoms with Crippen LogP contribution in [0.4, 0.5) is 14.9 Å². The molecule has 2 unspecified atom stereocenters. The van der Waals surface area contributed by atoms with E-state index in [4.69, 9.17) is 4.74 Å². The number of nitrogens with one attached hydrogen (secondary N) is 1. The van der Waals surface area contributed by atoms with Gasteiger partial charge in [-0.1, -0.05) is 6.07 Å². The second-order valence-corrected chi connectivity index (χ2v) is 7.60. The van der Waals surface area contributed by atoms with Crippen LogP contribution in [-0.4, -0.2) is 34.7 Å². The van der Waals surface area contributed by atoms with Gasteiger partial charge in [-0.15, -0.1) is 0 Å². The molecule has 2 heterocycles. The molecule has 2 aliphatic rings. The molecule has 2 atom stereocenters. The first-order valence-electron chi connectivity index (χ1n) is 8.35. The van der Waals surface area contributed by atoms with Crippen LogP contribution in [0.1, 0.15) is 46.5 Å². The minimum Gasteiger partial charge on any atom is -0.444 e. The first-order valence-corrected chi connectivity index (χ1v) is 8.35. The quantitative estimate of drug-likeness (QED) is 0.889. The third-order valence-corrected chi connectivity index (χ3v) is 4.53. The summed E-state index contributed by atoms with van der Waals surface area (Å²) in [5.74, 6) is -0.232. The number of hydrogen-bond donors (Lipinski definition) is 1. The highest BCUT2D eigenvalue weighted by Gasteiger charge is 2.44. The molecule has 2 aliphatic heterocycles. The zero-order valence-corrected chi connectivity index (χ0v) is 14.0. The van der Waals surface area contributed by atoms with Crippen molar-refractivity contribution in [1.82, 2.24) is 4.90 Å². The van der Waals surface area contributed by atoms with Crippen molar-refractivity contribution in [1.29, 1.82) is 0 Å². The summed E-state index contributed by atoms with van der Waals surface area (Å²) in [6, 6.07) is 7.26. The lowest BCUT2D eigenvalue weighted by molar-refractivity contribution is 0.00684. The Morgan fingerprint density at radius 2 is 1.91 bits per heavy atom. The summed E-state index contributed by atoms with van der Waals surface area (Å²) < 4.78 is 18.8. The lowest BCUT2D eigenvalue weighted by Crippen LogP contribution is -2.51. The fourth-order valence-electron chi connectivity index (χ4n) is 3.72. The standard InChI is InChI=1S/C18H25FN2O2/c1-18(2,3)23-17(22)21-15-7-8-16(21)11-14(10-15)20-13-6-4-5-12(19)9-13/h4-6,9,14-16,20H,7-8,10-11H2,1-3H3. The molecule has 0 saturated carbocycles. The number of ether oxygens (including phenoxy) is 1. The summed E-state index contributed by atoms with van der Waals surface area (Å²) in [5, 5.41) is 3.41. The van der Waals surface area contributed by atoms with Gasteiger partial charge < -0.3 is 15.0 Å². The van der Waals surface area contributed by atoms with E-state index in [0.717, 1.165) is 31.4 Å². The highest BCUT2D eigenvalue weighted by atomic mass is 19.1. The Labute approximate surface area is 137 Å². The number of hydrogen-bond acceptors (Lipinski definition) is 3. The van der Waals surface area contributed by atoms with Gasteiger partial charge in [0.25, 0.3) is 0 Å². The fraction of sp³-hybridized carbons (Fsp3) is 0.611. The van der Waals surface area contributed by atoms with Gasteiger partial charge in [-0.2, -0.15) is 0 Å². The number of piperidine rings is 1. The summed E-state index contributed by atoms with van der Waals surface area (Å²) in [7, 11) is 0. The number of carbonyl (C=O) groups excluding carboxylic acids is 1. The van der Waals surface area contributed by atoms with Gasteiger partial charge >= 0.3 is 6.09 Å². The molecule has 0 aliphatic carbocycles. The zero-order chi connectivity index (χ0) is 16.6. The van der Waals surface area contributed by atoms with Crippen molar-refractivity contribution in [2.45, 2.75) is 70.2 Å². The fourth-order valence-corrected chi connectivity index (χ4v) is 3.72. The van der Waals surface area contributed by atoms with Crippen LogP contribution in [0.15, 0.2) is 24.3 Å². The number of fused-ring (bicyclic) bond motifs is 2. The number of nitrogens with zero attached hydrogens (tertiary/aromatic N) is 1. The number of halogens is 1. The van der Waals surface area contributed by atoms with E-state index in [1.165, 1.54) is 12.1 Å². The number of benzene rings is 1. The second kappa shape index (κ2) is 6.02. The summed E-state index contributed by atoms with van der Waals surface area (Å²) in [6.45, 7) is 5.68. The molecule has 2 fully saturated rings. The Bertz CT molecular complexity index is 571. The van der Waals surface area contributed by atoms with Crippen molar-refractivity contribution in [2.24, 2.45) is 0 Å². The molecule has 126 valence electrons. The van der Waals surface area contributed by atoms with Crippen LogP contribution in [0.3, 0.4) is 0 Å². The smallest absolute Gasteiger partial charge is 0.410 e. The minimum atomic E-state index is -0.465. The maximum absolute atomic E-state index is 13.3. The molecule has 0 radical (unpaired) electrons. The van der Waals surface area contributed by atoms with Crippen LogP contribution in [0.25, 0.3) is 0 Å². The number of carbonyl (C=O) groups is 1. The highest BCUT2D eigenvalue weighted by Crippen LogP contribution is 2.37. The van der Waals surface area contributed by atoms with E-state index in [9.17, 15) is 9.18 Å². The molecule has 1 N–H and O–H groups in total. The zero-order valence-electron chi connectivity index (χ0n) is 14.0. The van der Waals surface area contributed by atoms with E-state index in [0.29, 0.717) is 0 Å². The molecule has 0 aromatic heterocycles.